The van der Waals surface area contributed by atoms with Crippen molar-refractivity contribution in [3.8, 4) is 0 Å². The molecule has 0 aromatic carbocycles. The van der Waals surface area contributed by atoms with Crippen molar-refractivity contribution in [2.75, 3.05) is 5.32 Å². The predicted octanol–water partition coefficient (Wildman–Crippen LogP) is 1.07. The molecule has 0 aliphatic rings. The Morgan fingerprint density at radius 1 is 1.40 bits per heavy atom. The van der Waals surface area contributed by atoms with Crippen molar-refractivity contribution < 1.29 is 0 Å². The summed E-state index contributed by atoms with van der Waals surface area (Å²) >= 11 is 0. The molecule has 1 N–H and O–H groups in total. The van der Waals surface area contributed by atoms with E-state index in [0.717, 1.165) is 23.6 Å². The van der Waals surface area contributed by atoms with Gasteiger partial charge in [0, 0.05) is 26.5 Å². The maximum absolute atomic E-state index is 4.27. The number of rotatable bonds is 3. The van der Waals surface area contributed by atoms with Crippen LogP contribution in [0.5, 0.6) is 0 Å². The first-order valence-corrected chi connectivity index (χ1v) is 4.86. The van der Waals surface area contributed by atoms with Gasteiger partial charge >= 0.3 is 0 Å². The Labute approximate surface area is 88.7 Å². The molecule has 2 aromatic rings. The molecule has 0 aliphatic heterocycles. The standard InChI is InChI=1S/C10H15N5/c1-8-10(6-15(3)13-8)12-5-9-4-11-7-14(9)2/h4,6-7,12H,5H2,1-3H3. The second-order valence-corrected chi connectivity index (χ2v) is 3.65. The molecule has 0 saturated carbocycles. The van der Waals surface area contributed by atoms with Crippen molar-refractivity contribution >= 4 is 5.69 Å². The van der Waals surface area contributed by atoms with E-state index in [4.69, 9.17) is 0 Å². The normalized spacial score (nSPS) is 10.6. The molecule has 0 amide bonds. The van der Waals surface area contributed by atoms with E-state index in [1.165, 1.54) is 0 Å². The van der Waals surface area contributed by atoms with Crippen molar-refractivity contribution in [2.24, 2.45) is 14.1 Å². The summed E-state index contributed by atoms with van der Waals surface area (Å²) in [5.41, 5.74) is 3.23. The lowest BCUT2D eigenvalue weighted by Gasteiger charge is -2.04. The molecule has 0 radical (unpaired) electrons. The Hall–Kier alpha value is -1.78. The number of anilines is 1. The van der Waals surface area contributed by atoms with E-state index in [2.05, 4.69) is 15.4 Å². The minimum Gasteiger partial charge on any atom is -0.377 e. The van der Waals surface area contributed by atoms with Gasteiger partial charge in [-0.05, 0) is 6.92 Å². The molecule has 0 atom stereocenters. The van der Waals surface area contributed by atoms with Gasteiger partial charge < -0.3 is 9.88 Å². The number of imidazole rings is 1. The second-order valence-electron chi connectivity index (χ2n) is 3.65. The minimum atomic E-state index is 0.767. The maximum atomic E-state index is 4.27. The lowest BCUT2D eigenvalue weighted by molar-refractivity contribution is 0.756. The molecular weight excluding hydrogens is 190 g/mol. The third kappa shape index (κ3) is 2.01. The molecule has 80 valence electrons. The first-order chi connectivity index (χ1) is 7.16. The Kier molecular flexibility index (Phi) is 2.45. The van der Waals surface area contributed by atoms with E-state index in [1.54, 1.807) is 11.0 Å². The zero-order valence-corrected chi connectivity index (χ0v) is 9.23. The fourth-order valence-corrected chi connectivity index (χ4v) is 1.51. The van der Waals surface area contributed by atoms with Crippen molar-refractivity contribution in [1.29, 1.82) is 0 Å². The van der Waals surface area contributed by atoms with Gasteiger partial charge in [0.05, 0.1) is 29.9 Å². The van der Waals surface area contributed by atoms with Crippen LogP contribution in [-0.2, 0) is 20.6 Å². The quantitative estimate of drug-likeness (QED) is 0.815. The Morgan fingerprint density at radius 3 is 2.73 bits per heavy atom. The van der Waals surface area contributed by atoms with Gasteiger partial charge in [0.1, 0.15) is 0 Å². The molecule has 0 bridgehead atoms. The third-order valence-corrected chi connectivity index (χ3v) is 2.39. The van der Waals surface area contributed by atoms with Crippen molar-refractivity contribution in [1.82, 2.24) is 19.3 Å². The van der Waals surface area contributed by atoms with E-state index in [-0.39, 0.29) is 0 Å². The van der Waals surface area contributed by atoms with Crippen LogP contribution in [0.15, 0.2) is 18.7 Å². The predicted molar refractivity (Wildman–Crippen MR) is 58.5 cm³/mol. The van der Waals surface area contributed by atoms with Gasteiger partial charge in [0.2, 0.25) is 0 Å². The smallest absolute Gasteiger partial charge is 0.0946 e. The van der Waals surface area contributed by atoms with Crippen molar-refractivity contribution in [3.05, 3.63) is 30.1 Å². The minimum absolute atomic E-state index is 0.767. The van der Waals surface area contributed by atoms with Crippen molar-refractivity contribution in [2.45, 2.75) is 13.5 Å². The summed E-state index contributed by atoms with van der Waals surface area (Å²) in [5.74, 6) is 0. The highest BCUT2D eigenvalue weighted by atomic mass is 15.3. The zero-order chi connectivity index (χ0) is 10.8. The Bertz CT molecular complexity index is 454. The van der Waals surface area contributed by atoms with E-state index in [9.17, 15) is 0 Å². The largest absolute Gasteiger partial charge is 0.377 e. The van der Waals surface area contributed by atoms with Crippen LogP contribution in [-0.4, -0.2) is 19.3 Å². The first kappa shape index (κ1) is 9.76. The van der Waals surface area contributed by atoms with Crippen molar-refractivity contribution in [3.63, 3.8) is 0 Å². The summed E-state index contributed by atoms with van der Waals surface area (Å²) in [4.78, 5) is 4.06. The zero-order valence-electron chi connectivity index (χ0n) is 9.23. The number of hydrogen-bond donors (Lipinski definition) is 1. The average Bonchev–Trinajstić information content (AvgIpc) is 2.70. The van der Waals surface area contributed by atoms with E-state index in [1.807, 2.05) is 38.0 Å². The summed E-state index contributed by atoms with van der Waals surface area (Å²) in [6.07, 6.45) is 5.64. The van der Waals surface area contributed by atoms with E-state index >= 15 is 0 Å². The molecule has 2 heterocycles. The summed E-state index contributed by atoms with van der Waals surface area (Å²) in [6.45, 7) is 2.76. The van der Waals surface area contributed by atoms with E-state index < -0.39 is 0 Å². The molecule has 0 saturated heterocycles. The van der Waals surface area contributed by atoms with Crippen LogP contribution in [0.4, 0.5) is 5.69 Å². The molecule has 0 fully saturated rings. The monoisotopic (exact) mass is 205 g/mol. The average molecular weight is 205 g/mol. The summed E-state index contributed by atoms with van der Waals surface area (Å²) in [7, 11) is 3.91. The highest BCUT2D eigenvalue weighted by molar-refractivity contribution is 5.45. The maximum Gasteiger partial charge on any atom is 0.0946 e. The van der Waals surface area contributed by atoms with Crippen LogP contribution >= 0.6 is 0 Å². The van der Waals surface area contributed by atoms with Gasteiger partial charge in [-0.15, -0.1) is 0 Å². The topological polar surface area (TPSA) is 47.7 Å². The molecule has 2 aromatic heterocycles. The number of aromatic nitrogens is 4. The van der Waals surface area contributed by atoms with Crippen LogP contribution in [0.25, 0.3) is 0 Å². The van der Waals surface area contributed by atoms with Crippen LogP contribution in [0, 0.1) is 6.92 Å². The highest BCUT2D eigenvalue weighted by Crippen LogP contribution is 2.12. The molecule has 2 rings (SSSR count). The van der Waals surface area contributed by atoms with Gasteiger partial charge in [-0.1, -0.05) is 0 Å². The molecule has 5 heteroatoms. The number of nitrogens with zero attached hydrogens (tertiary/aromatic N) is 4. The first-order valence-electron chi connectivity index (χ1n) is 4.86. The third-order valence-electron chi connectivity index (χ3n) is 2.39. The van der Waals surface area contributed by atoms with Gasteiger partial charge in [-0.3, -0.25) is 4.68 Å². The molecule has 15 heavy (non-hydrogen) atoms. The van der Waals surface area contributed by atoms with Crippen LogP contribution in [0.1, 0.15) is 11.4 Å². The molecule has 0 aliphatic carbocycles. The Balaban J connectivity index is 2.05. The van der Waals surface area contributed by atoms with Crippen LogP contribution in [0.2, 0.25) is 0 Å². The lowest BCUT2D eigenvalue weighted by Crippen LogP contribution is -2.04. The summed E-state index contributed by atoms with van der Waals surface area (Å²) in [5, 5.41) is 7.60. The number of hydrogen-bond acceptors (Lipinski definition) is 3. The van der Waals surface area contributed by atoms with Gasteiger partial charge in [0.15, 0.2) is 0 Å². The summed E-state index contributed by atoms with van der Waals surface area (Å²) in [6, 6.07) is 0. The van der Waals surface area contributed by atoms with Gasteiger partial charge in [0.25, 0.3) is 0 Å². The SMILES string of the molecule is Cc1nn(C)cc1NCc1cncn1C. The lowest BCUT2D eigenvalue weighted by atomic mass is 10.4. The number of aryl methyl sites for hydroxylation is 3. The molecular formula is C10H15N5. The fourth-order valence-electron chi connectivity index (χ4n) is 1.51. The van der Waals surface area contributed by atoms with Crippen LogP contribution in [0.3, 0.4) is 0 Å². The number of nitrogens with one attached hydrogen (secondary N) is 1. The molecule has 0 unspecified atom stereocenters. The molecule has 5 nitrogen and oxygen atoms in total. The molecule has 0 spiro atoms. The summed E-state index contributed by atoms with van der Waals surface area (Å²) < 4.78 is 3.81. The second kappa shape index (κ2) is 3.76. The fraction of sp³-hybridized carbons (Fsp3) is 0.400. The Morgan fingerprint density at radius 2 is 2.20 bits per heavy atom. The van der Waals surface area contributed by atoms with Crippen LogP contribution < -0.4 is 5.32 Å². The van der Waals surface area contributed by atoms with Gasteiger partial charge in [-0.2, -0.15) is 5.10 Å². The highest BCUT2D eigenvalue weighted by Gasteiger charge is 2.03. The van der Waals surface area contributed by atoms with E-state index in [0.29, 0.717) is 0 Å². The van der Waals surface area contributed by atoms with Gasteiger partial charge in [-0.25, -0.2) is 4.98 Å².